The standard InChI is InChI=1S/C11H23NOSi/c1-10(7-8-12)9-13-14(5,6)11(2,3)4/h10H,7,9H2,1-6H3/t10-/m1/s1. The van der Waals surface area contributed by atoms with Crippen LogP contribution in [0.25, 0.3) is 0 Å². The normalized spacial score (nSPS) is 14.9. The summed E-state index contributed by atoms with van der Waals surface area (Å²) in [6.45, 7) is 14.0. The van der Waals surface area contributed by atoms with E-state index in [9.17, 15) is 0 Å². The minimum absolute atomic E-state index is 0.263. The van der Waals surface area contributed by atoms with Gasteiger partial charge in [-0.3, -0.25) is 0 Å². The molecule has 0 aliphatic rings. The van der Waals surface area contributed by atoms with Gasteiger partial charge in [0.15, 0.2) is 8.32 Å². The molecule has 0 rings (SSSR count). The molecule has 0 saturated carbocycles. The minimum Gasteiger partial charge on any atom is -0.417 e. The molecule has 2 nitrogen and oxygen atoms in total. The molecule has 82 valence electrons. The Morgan fingerprint density at radius 3 is 2.21 bits per heavy atom. The number of nitriles is 1. The van der Waals surface area contributed by atoms with Crippen LogP contribution in [0.1, 0.15) is 34.1 Å². The second kappa shape index (κ2) is 4.95. The summed E-state index contributed by atoms with van der Waals surface area (Å²) in [5, 5.41) is 8.80. The summed E-state index contributed by atoms with van der Waals surface area (Å²) >= 11 is 0. The average Bonchev–Trinajstić information content (AvgIpc) is 1.99. The molecule has 1 atom stereocenters. The maximum absolute atomic E-state index is 8.53. The molecule has 0 unspecified atom stereocenters. The summed E-state index contributed by atoms with van der Waals surface area (Å²) in [4.78, 5) is 0. The van der Waals surface area contributed by atoms with Gasteiger partial charge in [-0.25, -0.2) is 0 Å². The lowest BCUT2D eigenvalue weighted by Crippen LogP contribution is -2.41. The van der Waals surface area contributed by atoms with Crippen LogP contribution in [0.3, 0.4) is 0 Å². The van der Waals surface area contributed by atoms with Gasteiger partial charge in [0.05, 0.1) is 6.07 Å². The van der Waals surface area contributed by atoms with E-state index in [4.69, 9.17) is 9.69 Å². The monoisotopic (exact) mass is 213 g/mol. The molecule has 0 bridgehead atoms. The fourth-order valence-electron chi connectivity index (χ4n) is 0.782. The van der Waals surface area contributed by atoms with Gasteiger partial charge in [-0.2, -0.15) is 5.26 Å². The highest BCUT2D eigenvalue weighted by Crippen LogP contribution is 2.36. The molecule has 3 heteroatoms. The van der Waals surface area contributed by atoms with Crippen molar-refractivity contribution < 1.29 is 4.43 Å². The molecule has 0 aliphatic carbocycles. The largest absolute Gasteiger partial charge is 0.417 e. The van der Waals surface area contributed by atoms with Crippen molar-refractivity contribution >= 4 is 8.32 Å². The van der Waals surface area contributed by atoms with Crippen LogP contribution in [0.2, 0.25) is 18.1 Å². The lowest BCUT2D eigenvalue weighted by atomic mass is 10.1. The number of hydrogen-bond donors (Lipinski definition) is 0. The van der Waals surface area contributed by atoms with Crippen LogP contribution in [-0.2, 0) is 4.43 Å². The average molecular weight is 213 g/mol. The van der Waals surface area contributed by atoms with Gasteiger partial charge in [0.1, 0.15) is 0 Å². The molecule has 0 aromatic rings. The van der Waals surface area contributed by atoms with Crippen molar-refractivity contribution in [1.82, 2.24) is 0 Å². The van der Waals surface area contributed by atoms with Gasteiger partial charge in [-0.05, 0) is 24.1 Å². The van der Waals surface area contributed by atoms with Crippen LogP contribution >= 0.6 is 0 Å². The summed E-state index contributed by atoms with van der Waals surface area (Å²) < 4.78 is 6.00. The second-order valence-corrected chi connectivity index (χ2v) is 10.3. The van der Waals surface area contributed by atoms with Crippen LogP contribution in [0.15, 0.2) is 0 Å². The van der Waals surface area contributed by atoms with Gasteiger partial charge in [-0.15, -0.1) is 0 Å². The van der Waals surface area contributed by atoms with Gasteiger partial charge in [-0.1, -0.05) is 27.7 Å². The van der Waals surface area contributed by atoms with E-state index < -0.39 is 8.32 Å². The van der Waals surface area contributed by atoms with Gasteiger partial charge in [0, 0.05) is 13.0 Å². The van der Waals surface area contributed by atoms with Gasteiger partial charge in [0.25, 0.3) is 0 Å². The molecule has 0 fully saturated rings. The topological polar surface area (TPSA) is 33.0 Å². The Labute approximate surface area is 89.4 Å². The number of hydrogen-bond acceptors (Lipinski definition) is 2. The first-order valence-electron chi connectivity index (χ1n) is 5.21. The lowest BCUT2D eigenvalue weighted by Gasteiger charge is -2.36. The molecule has 0 amide bonds. The maximum atomic E-state index is 8.53. The molecule has 0 spiro atoms. The summed E-state index contributed by atoms with van der Waals surface area (Å²) in [5.74, 6) is 0.356. The Hall–Kier alpha value is -0.333. The Kier molecular flexibility index (Phi) is 4.83. The second-order valence-electron chi connectivity index (χ2n) is 5.54. The predicted molar refractivity (Wildman–Crippen MR) is 62.5 cm³/mol. The Balaban J connectivity index is 4.07. The highest BCUT2D eigenvalue weighted by atomic mass is 28.4. The lowest BCUT2D eigenvalue weighted by molar-refractivity contribution is 0.239. The number of rotatable bonds is 4. The van der Waals surface area contributed by atoms with E-state index in [0.717, 1.165) is 6.61 Å². The van der Waals surface area contributed by atoms with E-state index in [1.165, 1.54) is 0 Å². The summed E-state index contributed by atoms with van der Waals surface area (Å²) in [7, 11) is -1.61. The van der Waals surface area contributed by atoms with Crippen molar-refractivity contribution in [2.24, 2.45) is 5.92 Å². The van der Waals surface area contributed by atoms with Gasteiger partial charge >= 0.3 is 0 Å². The summed E-state index contributed by atoms with van der Waals surface area (Å²) in [5.41, 5.74) is 0. The van der Waals surface area contributed by atoms with Crippen LogP contribution in [0.4, 0.5) is 0 Å². The Bertz CT molecular complexity index is 212. The molecule has 0 aromatic heterocycles. The van der Waals surface area contributed by atoms with Crippen molar-refractivity contribution in [3.63, 3.8) is 0 Å². The zero-order valence-corrected chi connectivity index (χ0v) is 11.3. The smallest absolute Gasteiger partial charge is 0.191 e. The van der Waals surface area contributed by atoms with E-state index in [-0.39, 0.29) is 5.04 Å². The molecule has 0 radical (unpaired) electrons. The Morgan fingerprint density at radius 2 is 1.86 bits per heavy atom. The number of nitrogens with zero attached hydrogens (tertiary/aromatic N) is 1. The van der Waals surface area contributed by atoms with E-state index in [2.05, 4.69) is 46.9 Å². The summed E-state index contributed by atoms with van der Waals surface area (Å²) in [6.07, 6.45) is 0.592. The zero-order valence-electron chi connectivity index (χ0n) is 10.3. The fourth-order valence-corrected chi connectivity index (χ4v) is 1.92. The van der Waals surface area contributed by atoms with Crippen LogP contribution in [-0.4, -0.2) is 14.9 Å². The molecule has 0 heterocycles. The minimum atomic E-state index is -1.61. The van der Waals surface area contributed by atoms with E-state index in [1.54, 1.807) is 0 Å². The molecule has 0 aromatic carbocycles. The predicted octanol–water partition coefficient (Wildman–Crippen LogP) is 3.56. The molecule has 14 heavy (non-hydrogen) atoms. The van der Waals surface area contributed by atoms with E-state index in [0.29, 0.717) is 12.3 Å². The molecule has 0 N–H and O–H groups in total. The third kappa shape index (κ3) is 4.25. The third-order valence-electron chi connectivity index (χ3n) is 2.97. The summed E-state index contributed by atoms with van der Waals surface area (Å²) in [6, 6.07) is 2.18. The van der Waals surface area contributed by atoms with Crippen molar-refractivity contribution in [2.45, 2.75) is 52.2 Å². The third-order valence-corrected chi connectivity index (χ3v) is 7.48. The zero-order chi connectivity index (χ0) is 11.4. The first kappa shape index (κ1) is 13.7. The van der Waals surface area contributed by atoms with Crippen molar-refractivity contribution in [1.29, 1.82) is 5.26 Å². The first-order valence-corrected chi connectivity index (χ1v) is 8.12. The highest BCUT2D eigenvalue weighted by molar-refractivity contribution is 6.74. The highest BCUT2D eigenvalue weighted by Gasteiger charge is 2.37. The molecule has 0 aliphatic heterocycles. The van der Waals surface area contributed by atoms with E-state index >= 15 is 0 Å². The quantitative estimate of drug-likeness (QED) is 0.669. The van der Waals surface area contributed by atoms with Crippen LogP contribution in [0, 0.1) is 17.2 Å². The Morgan fingerprint density at radius 1 is 1.36 bits per heavy atom. The van der Waals surface area contributed by atoms with Crippen molar-refractivity contribution in [3.05, 3.63) is 0 Å². The molecular formula is C11H23NOSi. The van der Waals surface area contributed by atoms with Gasteiger partial charge < -0.3 is 4.43 Å². The molecule has 0 saturated heterocycles. The van der Waals surface area contributed by atoms with Crippen LogP contribution < -0.4 is 0 Å². The van der Waals surface area contributed by atoms with Crippen molar-refractivity contribution in [3.8, 4) is 6.07 Å². The van der Waals surface area contributed by atoms with Crippen molar-refractivity contribution in [2.75, 3.05) is 6.61 Å². The fraction of sp³-hybridized carbons (Fsp3) is 0.909. The van der Waals surface area contributed by atoms with Crippen LogP contribution in [0.5, 0.6) is 0 Å². The molecular weight excluding hydrogens is 190 g/mol. The SMILES string of the molecule is C[C@H](CC#N)CO[Si](C)(C)C(C)(C)C. The maximum Gasteiger partial charge on any atom is 0.191 e. The van der Waals surface area contributed by atoms with E-state index in [1.807, 2.05) is 0 Å². The van der Waals surface area contributed by atoms with Gasteiger partial charge in [0.2, 0.25) is 0 Å². The first-order chi connectivity index (χ1) is 6.20.